The number of hydrogen-bond acceptors (Lipinski definition) is 3. The third-order valence-corrected chi connectivity index (χ3v) is 3.01. The Morgan fingerprint density at radius 2 is 1.83 bits per heavy atom. The lowest BCUT2D eigenvalue weighted by Gasteiger charge is -2.18. The Morgan fingerprint density at radius 3 is 2.22 bits per heavy atom. The van der Waals surface area contributed by atoms with Crippen LogP contribution in [0.2, 0.25) is 0 Å². The van der Waals surface area contributed by atoms with Crippen molar-refractivity contribution in [3.05, 3.63) is 47.5 Å². The molecule has 0 bridgehead atoms. The van der Waals surface area contributed by atoms with Gasteiger partial charge in [0.2, 0.25) is 5.91 Å². The molecule has 0 aliphatic rings. The number of nitrogens with two attached hydrogens (primary N) is 1. The largest absolute Gasteiger partial charge is 0.416 e. The van der Waals surface area contributed by atoms with Gasteiger partial charge in [-0.2, -0.15) is 13.2 Å². The summed E-state index contributed by atoms with van der Waals surface area (Å²) in [5.41, 5.74) is 4.80. The van der Waals surface area contributed by atoms with Crippen molar-refractivity contribution in [2.24, 2.45) is 5.73 Å². The van der Waals surface area contributed by atoms with Crippen LogP contribution in [0.3, 0.4) is 0 Å². The van der Waals surface area contributed by atoms with Crippen LogP contribution in [0.1, 0.15) is 30.6 Å². The summed E-state index contributed by atoms with van der Waals surface area (Å²) in [5.74, 6) is -1.74. The standard InChI is InChI=1S/C15H17F3N2O3/c1-8(2)7-11(13(19)22)20-14(23)12(21)9-3-5-10(6-4-9)15(16,17)18/h3-6,11-12,21H,1,7H2,2H3,(H2,19,22)(H,20,23)/t11-,12-/m0/s1. The Kier molecular flexibility index (Phi) is 5.91. The zero-order valence-corrected chi connectivity index (χ0v) is 12.4. The first-order valence-corrected chi connectivity index (χ1v) is 6.61. The molecule has 0 unspecified atom stereocenters. The van der Waals surface area contributed by atoms with Gasteiger partial charge >= 0.3 is 6.18 Å². The monoisotopic (exact) mass is 330 g/mol. The van der Waals surface area contributed by atoms with E-state index >= 15 is 0 Å². The second kappa shape index (κ2) is 7.28. The van der Waals surface area contributed by atoms with Crippen LogP contribution in [-0.4, -0.2) is 23.0 Å². The molecule has 2 atom stereocenters. The van der Waals surface area contributed by atoms with Crippen LogP contribution >= 0.6 is 0 Å². The Labute approximate surface area is 131 Å². The molecule has 5 nitrogen and oxygen atoms in total. The van der Waals surface area contributed by atoms with Gasteiger partial charge in [0.25, 0.3) is 5.91 Å². The summed E-state index contributed by atoms with van der Waals surface area (Å²) in [6, 6.07) is 2.44. The summed E-state index contributed by atoms with van der Waals surface area (Å²) < 4.78 is 37.4. The molecule has 0 saturated heterocycles. The van der Waals surface area contributed by atoms with E-state index in [0.29, 0.717) is 5.57 Å². The van der Waals surface area contributed by atoms with Crippen LogP contribution in [0.25, 0.3) is 0 Å². The second-order valence-electron chi connectivity index (χ2n) is 5.15. The number of nitrogens with one attached hydrogen (secondary N) is 1. The minimum atomic E-state index is -4.51. The van der Waals surface area contributed by atoms with Crippen LogP contribution in [0, 0.1) is 0 Å². The van der Waals surface area contributed by atoms with E-state index in [1.807, 2.05) is 0 Å². The Bertz CT molecular complexity index is 597. The van der Waals surface area contributed by atoms with Gasteiger partial charge in [0.05, 0.1) is 5.56 Å². The molecule has 1 aromatic rings. The molecule has 0 heterocycles. The topological polar surface area (TPSA) is 92.4 Å². The van der Waals surface area contributed by atoms with E-state index in [0.717, 1.165) is 24.3 Å². The van der Waals surface area contributed by atoms with Gasteiger partial charge < -0.3 is 16.2 Å². The highest BCUT2D eigenvalue weighted by atomic mass is 19.4. The van der Waals surface area contributed by atoms with E-state index in [1.54, 1.807) is 6.92 Å². The summed E-state index contributed by atoms with van der Waals surface area (Å²) in [5, 5.41) is 12.1. The number of amides is 2. The predicted octanol–water partition coefficient (Wildman–Crippen LogP) is 1.68. The molecule has 4 N–H and O–H groups in total. The summed E-state index contributed by atoms with van der Waals surface area (Å²) >= 11 is 0. The van der Waals surface area contributed by atoms with Crippen molar-refractivity contribution in [3.63, 3.8) is 0 Å². The molecule has 0 aliphatic heterocycles. The number of aliphatic hydroxyl groups excluding tert-OH is 1. The van der Waals surface area contributed by atoms with Gasteiger partial charge in [0.15, 0.2) is 6.10 Å². The number of hydrogen-bond donors (Lipinski definition) is 3. The number of carbonyl (C=O) groups is 2. The highest BCUT2D eigenvalue weighted by molar-refractivity contribution is 5.89. The molecule has 2 amide bonds. The van der Waals surface area contributed by atoms with Crippen LogP contribution in [-0.2, 0) is 15.8 Å². The molecule has 0 fully saturated rings. The average Bonchev–Trinajstić information content (AvgIpc) is 2.44. The Balaban J connectivity index is 2.83. The first kappa shape index (κ1) is 18.7. The van der Waals surface area contributed by atoms with Crippen LogP contribution < -0.4 is 11.1 Å². The molecular formula is C15H17F3N2O3. The number of rotatable bonds is 6. The molecule has 8 heteroatoms. The predicted molar refractivity (Wildman–Crippen MR) is 77.0 cm³/mol. The van der Waals surface area contributed by atoms with Crippen molar-refractivity contribution in [1.82, 2.24) is 5.32 Å². The van der Waals surface area contributed by atoms with Crippen molar-refractivity contribution < 1.29 is 27.9 Å². The van der Waals surface area contributed by atoms with Crippen molar-refractivity contribution in [2.45, 2.75) is 31.7 Å². The van der Waals surface area contributed by atoms with Crippen molar-refractivity contribution in [3.8, 4) is 0 Å². The zero-order chi connectivity index (χ0) is 17.8. The molecule has 1 rings (SSSR count). The van der Waals surface area contributed by atoms with Gasteiger partial charge in [-0.3, -0.25) is 9.59 Å². The number of primary amides is 1. The average molecular weight is 330 g/mol. The lowest BCUT2D eigenvalue weighted by atomic mass is 10.0. The van der Waals surface area contributed by atoms with E-state index in [9.17, 15) is 27.9 Å². The van der Waals surface area contributed by atoms with Gasteiger partial charge in [-0.05, 0) is 31.0 Å². The van der Waals surface area contributed by atoms with Crippen LogP contribution in [0.4, 0.5) is 13.2 Å². The molecule has 0 radical (unpaired) electrons. The van der Waals surface area contributed by atoms with Gasteiger partial charge in [-0.1, -0.05) is 17.7 Å². The van der Waals surface area contributed by atoms with Gasteiger partial charge in [-0.15, -0.1) is 6.58 Å². The Hall–Kier alpha value is -2.35. The van der Waals surface area contributed by atoms with E-state index in [1.165, 1.54) is 0 Å². The van der Waals surface area contributed by atoms with E-state index in [-0.39, 0.29) is 12.0 Å². The third-order valence-electron chi connectivity index (χ3n) is 3.01. The van der Waals surface area contributed by atoms with E-state index in [4.69, 9.17) is 5.73 Å². The third kappa shape index (κ3) is 5.41. The molecule has 23 heavy (non-hydrogen) atoms. The first-order chi connectivity index (χ1) is 10.5. The van der Waals surface area contributed by atoms with Crippen molar-refractivity contribution in [2.75, 3.05) is 0 Å². The number of alkyl halides is 3. The van der Waals surface area contributed by atoms with E-state index < -0.39 is 35.7 Å². The molecule has 0 aliphatic carbocycles. The first-order valence-electron chi connectivity index (χ1n) is 6.61. The molecule has 0 saturated carbocycles. The maximum atomic E-state index is 12.5. The molecular weight excluding hydrogens is 313 g/mol. The number of benzene rings is 1. The van der Waals surface area contributed by atoms with E-state index in [2.05, 4.69) is 11.9 Å². The summed E-state index contributed by atoms with van der Waals surface area (Å²) in [6.45, 7) is 5.23. The fraction of sp³-hybridized carbons (Fsp3) is 0.333. The highest BCUT2D eigenvalue weighted by Gasteiger charge is 2.31. The minimum Gasteiger partial charge on any atom is -0.378 e. The number of aliphatic hydroxyl groups is 1. The molecule has 0 aromatic heterocycles. The van der Waals surface area contributed by atoms with Gasteiger partial charge in [0, 0.05) is 0 Å². The SMILES string of the molecule is C=C(C)C[C@H](NC(=O)[C@@H](O)c1ccc(C(F)(F)F)cc1)C(N)=O. The summed E-state index contributed by atoms with van der Waals surface area (Å²) in [4.78, 5) is 23.1. The second-order valence-corrected chi connectivity index (χ2v) is 5.15. The van der Waals surface area contributed by atoms with Crippen LogP contribution in [0.5, 0.6) is 0 Å². The lowest BCUT2D eigenvalue weighted by Crippen LogP contribution is -2.46. The smallest absolute Gasteiger partial charge is 0.378 e. The highest BCUT2D eigenvalue weighted by Crippen LogP contribution is 2.29. The number of halogens is 3. The molecule has 0 spiro atoms. The summed E-state index contributed by atoms with van der Waals surface area (Å²) in [7, 11) is 0. The van der Waals surface area contributed by atoms with Gasteiger partial charge in [0.1, 0.15) is 6.04 Å². The van der Waals surface area contributed by atoms with Crippen LogP contribution in [0.15, 0.2) is 36.4 Å². The summed E-state index contributed by atoms with van der Waals surface area (Å²) in [6.07, 6.45) is -6.13. The maximum absolute atomic E-state index is 12.5. The maximum Gasteiger partial charge on any atom is 0.416 e. The number of carbonyl (C=O) groups excluding carboxylic acids is 2. The zero-order valence-electron chi connectivity index (χ0n) is 12.4. The fourth-order valence-electron chi connectivity index (χ4n) is 1.83. The normalized spacial score (nSPS) is 14.0. The van der Waals surface area contributed by atoms with Crippen molar-refractivity contribution >= 4 is 11.8 Å². The fourth-order valence-corrected chi connectivity index (χ4v) is 1.83. The lowest BCUT2D eigenvalue weighted by molar-refractivity contribution is -0.137. The Morgan fingerprint density at radius 1 is 1.30 bits per heavy atom. The molecule has 126 valence electrons. The van der Waals surface area contributed by atoms with Gasteiger partial charge in [-0.25, -0.2) is 0 Å². The van der Waals surface area contributed by atoms with Crippen molar-refractivity contribution in [1.29, 1.82) is 0 Å². The molecule has 1 aromatic carbocycles. The minimum absolute atomic E-state index is 0.0333. The quantitative estimate of drug-likeness (QED) is 0.693.